The van der Waals surface area contributed by atoms with Gasteiger partial charge in [0.2, 0.25) is 0 Å². The summed E-state index contributed by atoms with van der Waals surface area (Å²) in [6.45, 7) is 4.56. The molecule has 0 saturated carbocycles. The van der Waals surface area contributed by atoms with Crippen molar-refractivity contribution < 1.29 is 29.3 Å². The molecule has 0 aromatic rings. The zero-order valence-electron chi connectivity index (χ0n) is 29.3. The first-order valence-electron chi connectivity index (χ1n) is 19.2. The third-order valence-electron chi connectivity index (χ3n) is 8.69. The number of ether oxygens (including phenoxy) is 2. The van der Waals surface area contributed by atoms with Gasteiger partial charge in [0.05, 0.1) is 12.2 Å². The summed E-state index contributed by atoms with van der Waals surface area (Å²) in [6, 6.07) is 0. The Balaban J connectivity index is 3.30. The Morgan fingerprint density at radius 2 is 0.659 bits per heavy atom. The van der Waals surface area contributed by atoms with Gasteiger partial charge in [0.25, 0.3) is 0 Å². The first-order valence-corrected chi connectivity index (χ1v) is 19.2. The predicted octanol–water partition coefficient (Wildman–Crippen LogP) is 10.5. The Kier molecular flexibility index (Phi) is 33.8. The molecule has 0 aromatic carbocycles. The highest BCUT2D eigenvalue weighted by atomic mass is 16.6. The second kappa shape index (κ2) is 34.7. The fourth-order valence-corrected chi connectivity index (χ4v) is 5.89. The third-order valence-corrected chi connectivity index (χ3v) is 8.69. The summed E-state index contributed by atoms with van der Waals surface area (Å²) in [5.41, 5.74) is 0. The average molecular weight is 627 g/mol. The molecule has 0 fully saturated rings. The molecule has 0 rings (SSSR count). The van der Waals surface area contributed by atoms with Crippen LogP contribution >= 0.6 is 0 Å². The van der Waals surface area contributed by atoms with Crippen molar-refractivity contribution >= 4 is 11.9 Å². The lowest BCUT2D eigenvalue weighted by Gasteiger charge is -2.08. The van der Waals surface area contributed by atoms with E-state index in [2.05, 4.69) is 13.8 Å². The van der Waals surface area contributed by atoms with Gasteiger partial charge in [-0.2, -0.15) is 0 Å². The maximum Gasteiger partial charge on any atom is 0.305 e. The van der Waals surface area contributed by atoms with Crippen molar-refractivity contribution in [3.8, 4) is 0 Å². The number of carbonyl (C=O) groups is 2. The van der Waals surface area contributed by atoms with Crippen LogP contribution in [0, 0.1) is 0 Å². The van der Waals surface area contributed by atoms with Crippen molar-refractivity contribution in [1.82, 2.24) is 0 Å². The molecule has 2 atom stereocenters. The molecule has 0 amide bonds. The molecule has 0 heterocycles. The van der Waals surface area contributed by atoms with Gasteiger partial charge in [0.1, 0.15) is 13.2 Å². The molecule has 2 N–H and O–H groups in total. The summed E-state index contributed by atoms with van der Waals surface area (Å²) in [4.78, 5) is 23.8. The van der Waals surface area contributed by atoms with Crippen LogP contribution in [0.5, 0.6) is 0 Å². The number of aliphatic hydroxyl groups excluding tert-OH is 2. The van der Waals surface area contributed by atoms with Crippen molar-refractivity contribution in [3.63, 3.8) is 0 Å². The number of hydrogen-bond acceptors (Lipinski definition) is 6. The second-order valence-corrected chi connectivity index (χ2v) is 13.2. The molecule has 6 nitrogen and oxygen atoms in total. The normalized spacial score (nSPS) is 12.7. The number of unbranched alkanes of at least 4 members (excludes halogenated alkanes) is 20. The van der Waals surface area contributed by atoms with E-state index in [1.165, 1.54) is 103 Å². The Morgan fingerprint density at radius 1 is 0.409 bits per heavy atom. The van der Waals surface area contributed by atoms with E-state index in [0.29, 0.717) is 12.8 Å². The van der Waals surface area contributed by atoms with E-state index >= 15 is 0 Å². The summed E-state index contributed by atoms with van der Waals surface area (Å²) < 4.78 is 10.4. The van der Waals surface area contributed by atoms with Gasteiger partial charge >= 0.3 is 11.9 Å². The first kappa shape index (κ1) is 42.9. The molecule has 0 saturated heterocycles. The van der Waals surface area contributed by atoms with Crippen LogP contribution in [0.2, 0.25) is 0 Å². The molecule has 0 aliphatic heterocycles. The van der Waals surface area contributed by atoms with Gasteiger partial charge in [0.15, 0.2) is 0 Å². The molecular formula is C38H74O6. The fraction of sp³-hybridized carbons (Fsp3) is 0.947. The molecule has 44 heavy (non-hydrogen) atoms. The standard InChI is InChI=1S/C38H74O6/c1-3-27-35(39)29-23-19-15-11-7-5-9-13-17-21-25-31-37(41)43-33-34-44-38(42)32-26-22-18-14-10-6-8-12-16-20-24-30-36(40)28-4-2/h35-36,39-40H,3-34H2,1-2H3. The third kappa shape index (κ3) is 33.7. The Bertz CT molecular complexity index is 558. The van der Waals surface area contributed by atoms with Crippen LogP contribution in [0.25, 0.3) is 0 Å². The van der Waals surface area contributed by atoms with Crippen LogP contribution < -0.4 is 0 Å². The number of aliphatic hydroxyl groups is 2. The van der Waals surface area contributed by atoms with Gasteiger partial charge in [-0.1, -0.05) is 155 Å². The maximum absolute atomic E-state index is 11.9. The van der Waals surface area contributed by atoms with E-state index in [-0.39, 0.29) is 37.4 Å². The zero-order valence-corrected chi connectivity index (χ0v) is 29.3. The molecule has 0 radical (unpaired) electrons. The van der Waals surface area contributed by atoms with Crippen LogP contribution in [0.3, 0.4) is 0 Å². The highest BCUT2D eigenvalue weighted by molar-refractivity contribution is 5.70. The van der Waals surface area contributed by atoms with Crippen LogP contribution in [0.15, 0.2) is 0 Å². The Labute approximate surface area is 272 Å². The van der Waals surface area contributed by atoms with Crippen molar-refractivity contribution in [2.24, 2.45) is 0 Å². The molecule has 0 bridgehead atoms. The quantitative estimate of drug-likeness (QED) is 0.0537. The molecule has 0 aromatic heterocycles. The van der Waals surface area contributed by atoms with E-state index in [4.69, 9.17) is 9.47 Å². The summed E-state index contributed by atoms with van der Waals surface area (Å²) in [5.74, 6) is -0.379. The second-order valence-electron chi connectivity index (χ2n) is 13.2. The number of carbonyl (C=O) groups excluding carboxylic acids is 2. The van der Waals surface area contributed by atoms with Gasteiger partial charge in [-0.25, -0.2) is 0 Å². The van der Waals surface area contributed by atoms with E-state index in [1.54, 1.807) is 0 Å². The zero-order chi connectivity index (χ0) is 32.4. The molecule has 6 heteroatoms. The van der Waals surface area contributed by atoms with Crippen LogP contribution in [0.4, 0.5) is 0 Å². The van der Waals surface area contributed by atoms with E-state index < -0.39 is 0 Å². The molecule has 262 valence electrons. The maximum atomic E-state index is 11.9. The van der Waals surface area contributed by atoms with E-state index in [1.807, 2.05) is 0 Å². The smallest absolute Gasteiger partial charge is 0.305 e. The monoisotopic (exact) mass is 627 g/mol. The van der Waals surface area contributed by atoms with Crippen molar-refractivity contribution in [2.45, 2.75) is 219 Å². The highest BCUT2D eigenvalue weighted by Gasteiger charge is 2.06. The number of esters is 2. The summed E-state index contributed by atoms with van der Waals surface area (Å²) in [5, 5.41) is 19.5. The summed E-state index contributed by atoms with van der Waals surface area (Å²) >= 11 is 0. The minimum atomic E-state index is -0.189. The number of hydrogen-bond donors (Lipinski definition) is 2. The largest absolute Gasteiger partial charge is 0.462 e. The van der Waals surface area contributed by atoms with Crippen molar-refractivity contribution in [1.29, 1.82) is 0 Å². The fourth-order valence-electron chi connectivity index (χ4n) is 5.89. The highest BCUT2D eigenvalue weighted by Crippen LogP contribution is 2.16. The van der Waals surface area contributed by atoms with Crippen molar-refractivity contribution in [2.75, 3.05) is 13.2 Å². The molecule has 0 aliphatic carbocycles. The lowest BCUT2D eigenvalue weighted by atomic mass is 10.0. The molecule has 0 aliphatic rings. The lowest BCUT2D eigenvalue weighted by molar-refractivity contribution is -0.152. The Morgan fingerprint density at radius 3 is 0.932 bits per heavy atom. The van der Waals surface area contributed by atoms with Crippen molar-refractivity contribution in [3.05, 3.63) is 0 Å². The van der Waals surface area contributed by atoms with Gasteiger partial charge in [-0.15, -0.1) is 0 Å². The van der Waals surface area contributed by atoms with Gasteiger partial charge in [0, 0.05) is 12.8 Å². The summed E-state index contributed by atoms with van der Waals surface area (Å²) in [6.07, 6.45) is 33.1. The SMILES string of the molecule is CCCC(O)CCCCCCCCCCCCCC(=O)OCCOC(=O)CCCCCCCCCCCCCC(O)CCC. The van der Waals surface area contributed by atoms with Gasteiger partial charge in [-0.05, 0) is 38.5 Å². The topological polar surface area (TPSA) is 93.1 Å². The van der Waals surface area contributed by atoms with Gasteiger partial charge < -0.3 is 19.7 Å². The van der Waals surface area contributed by atoms with Crippen LogP contribution in [-0.4, -0.2) is 47.6 Å². The summed E-state index contributed by atoms with van der Waals surface area (Å²) in [7, 11) is 0. The van der Waals surface area contributed by atoms with E-state index in [9.17, 15) is 19.8 Å². The van der Waals surface area contributed by atoms with Crippen LogP contribution in [0.1, 0.15) is 206 Å². The number of rotatable bonds is 35. The molecule has 2 unspecified atom stereocenters. The van der Waals surface area contributed by atoms with E-state index in [0.717, 1.165) is 77.0 Å². The van der Waals surface area contributed by atoms with Crippen LogP contribution in [-0.2, 0) is 19.1 Å². The molecular weight excluding hydrogens is 552 g/mol. The lowest BCUT2D eigenvalue weighted by Crippen LogP contribution is -2.13. The predicted molar refractivity (Wildman–Crippen MR) is 184 cm³/mol. The Hall–Kier alpha value is -1.14. The minimum absolute atomic E-state index is 0.0918. The first-order chi connectivity index (χ1) is 21.5. The van der Waals surface area contributed by atoms with Gasteiger partial charge in [-0.3, -0.25) is 9.59 Å². The molecule has 0 spiro atoms. The average Bonchev–Trinajstić information content (AvgIpc) is 3.00. The minimum Gasteiger partial charge on any atom is -0.462 e.